The highest BCUT2D eigenvalue weighted by atomic mass is 35.7. The van der Waals surface area contributed by atoms with Crippen LogP contribution in [0.25, 0.3) is 0 Å². The predicted molar refractivity (Wildman–Crippen MR) is 67.2 cm³/mol. The molecule has 0 fully saturated rings. The minimum Gasteiger partial charge on any atom is -0.444 e. The molecule has 0 heterocycles. The molecule has 5 heteroatoms. The van der Waals surface area contributed by atoms with Gasteiger partial charge in [-0.2, -0.15) is 0 Å². The minimum absolute atomic E-state index is 0.929. The SMILES string of the molecule is CCC(/C=C(/CC)[N](C)[Al]([Cl])[Cl])=NC. The third kappa shape index (κ3) is 4.71. The summed E-state index contributed by atoms with van der Waals surface area (Å²) in [6.45, 7) is 4.18. The molecule has 0 aliphatic carbocycles. The number of allylic oxidation sites excluding steroid dienone is 2. The normalized spacial score (nSPS) is 13.0. The highest BCUT2D eigenvalue weighted by Gasteiger charge is 2.21. The van der Waals surface area contributed by atoms with Crippen molar-refractivity contribution in [3.8, 4) is 0 Å². The van der Waals surface area contributed by atoms with E-state index in [2.05, 4.69) is 24.9 Å². The van der Waals surface area contributed by atoms with E-state index in [-0.39, 0.29) is 0 Å². The minimum atomic E-state index is -1.77. The second kappa shape index (κ2) is 7.59. The number of hydrogen-bond donors (Lipinski definition) is 0. The van der Waals surface area contributed by atoms with Crippen molar-refractivity contribution < 1.29 is 0 Å². The Balaban J connectivity index is 4.70. The highest BCUT2D eigenvalue weighted by Crippen LogP contribution is 2.13. The van der Waals surface area contributed by atoms with Gasteiger partial charge in [0.15, 0.2) is 0 Å². The van der Waals surface area contributed by atoms with E-state index in [9.17, 15) is 0 Å². The molecule has 0 amide bonds. The molecule has 0 unspecified atom stereocenters. The zero-order valence-corrected chi connectivity index (χ0v) is 11.9. The Kier molecular flexibility index (Phi) is 7.77. The van der Waals surface area contributed by atoms with Gasteiger partial charge in [-0.1, -0.05) is 13.8 Å². The average molecular weight is 251 g/mol. The second-order valence-corrected chi connectivity index (χ2v) is 7.43. The zero-order valence-electron chi connectivity index (χ0n) is 9.22. The van der Waals surface area contributed by atoms with Gasteiger partial charge >= 0.3 is 12.5 Å². The van der Waals surface area contributed by atoms with Crippen LogP contribution >= 0.6 is 20.1 Å². The number of rotatable bonds is 5. The summed E-state index contributed by atoms with van der Waals surface area (Å²) >= 11 is -1.77. The Morgan fingerprint density at radius 1 is 1.36 bits per heavy atom. The Hall–Kier alpha value is 0.322. The van der Waals surface area contributed by atoms with E-state index < -0.39 is 12.5 Å². The summed E-state index contributed by atoms with van der Waals surface area (Å²) in [7, 11) is 15.6. The van der Waals surface area contributed by atoms with Crippen LogP contribution in [0, 0.1) is 0 Å². The summed E-state index contributed by atoms with van der Waals surface area (Å²) in [5, 5.41) is 0. The van der Waals surface area contributed by atoms with Gasteiger partial charge in [0.2, 0.25) is 0 Å². The summed E-state index contributed by atoms with van der Waals surface area (Å²) in [5.41, 5.74) is 2.24. The Morgan fingerprint density at radius 3 is 2.21 bits per heavy atom. The van der Waals surface area contributed by atoms with Crippen LogP contribution in [0.2, 0.25) is 0 Å². The second-order valence-electron chi connectivity index (χ2n) is 2.95. The van der Waals surface area contributed by atoms with Gasteiger partial charge in [0, 0.05) is 12.8 Å². The molecule has 0 aliphatic heterocycles. The molecule has 14 heavy (non-hydrogen) atoms. The van der Waals surface area contributed by atoms with Crippen LogP contribution in [0.5, 0.6) is 0 Å². The highest BCUT2D eigenvalue weighted by molar-refractivity contribution is 7.32. The zero-order chi connectivity index (χ0) is 11.1. The molecule has 80 valence electrons. The standard InChI is InChI=1S/C9H17N2.Al.2ClH/c1-5-8(10-3)7-9(6-2)11-4;;;/h7H,5-6H2,1-4H3;;2*1H/q-1;+3;;/p-2/b8-7-,11-9?;;;. The summed E-state index contributed by atoms with van der Waals surface area (Å²) in [5.74, 6) is 0. The molecule has 0 bridgehead atoms. The third-order valence-electron chi connectivity index (χ3n) is 2.09. The summed E-state index contributed by atoms with van der Waals surface area (Å²) in [6, 6.07) is 0. The number of hydrogen-bond acceptors (Lipinski definition) is 2. The molecule has 0 rings (SSSR count). The van der Waals surface area contributed by atoms with Crippen molar-refractivity contribution in [3.63, 3.8) is 0 Å². The van der Waals surface area contributed by atoms with Gasteiger partial charge in [0.05, 0.1) is 0 Å². The number of aliphatic imine (C=N–C) groups is 1. The summed E-state index contributed by atoms with van der Waals surface area (Å²) < 4.78 is 1.98. The molecular weight excluding hydrogens is 234 g/mol. The van der Waals surface area contributed by atoms with Crippen molar-refractivity contribution in [2.45, 2.75) is 26.7 Å². The molecule has 0 atom stereocenters. The fourth-order valence-corrected chi connectivity index (χ4v) is 2.36. The van der Waals surface area contributed by atoms with E-state index in [4.69, 9.17) is 20.1 Å². The molecule has 0 N–H and O–H groups in total. The number of nitrogens with zero attached hydrogens (tertiary/aromatic N) is 2. The van der Waals surface area contributed by atoms with Gasteiger partial charge in [0.1, 0.15) is 0 Å². The van der Waals surface area contributed by atoms with Crippen molar-refractivity contribution in [1.82, 2.24) is 3.88 Å². The third-order valence-corrected chi connectivity index (χ3v) is 4.76. The van der Waals surface area contributed by atoms with Crippen LogP contribution in [-0.4, -0.2) is 36.2 Å². The number of halogens is 2. The molecule has 0 aromatic carbocycles. The molecule has 0 saturated carbocycles. The van der Waals surface area contributed by atoms with Crippen molar-refractivity contribution in [2.24, 2.45) is 4.99 Å². The smallest absolute Gasteiger partial charge is 0.444 e. The van der Waals surface area contributed by atoms with Crippen molar-refractivity contribution >= 4 is 38.3 Å². The lowest BCUT2D eigenvalue weighted by atomic mass is 10.2. The predicted octanol–water partition coefficient (Wildman–Crippen LogP) is 3.16. The fourth-order valence-electron chi connectivity index (χ4n) is 1.10. The van der Waals surface area contributed by atoms with Crippen LogP contribution in [0.3, 0.4) is 0 Å². The molecule has 0 radical (unpaired) electrons. The maximum atomic E-state index is 5.92. The first-order valence-electron chi connectivity index (χ1n) is 4.73. The van der Waals surface area contributed by atoms with Crippen LogP contribution in [-0.2, 0) is 0 Å². The van der Waals surface area contributed by atoms with Crippen LogP contribution < -0.4 is 0 Å². The topological polar surface area (TPSA) is 15.6 Å². The van der Waals surface area contributed by atoms with Crippen LogP contribution in [0.4, 0.5) is 0 Å². The van der Waals surface area contributed by atoms with E-state index in [1.165, 1.54) is 0 Å². The van der Waals surface area contributed by atoms with Gasteiger partial charge in [0.25, 0.3) is 0 Å². The molecule has 0 aromatic heterocycles. The monoisotopic (exact) mass is 250 g/mol. The first-order valence-corrected chi connectivity index (χ1v) is 8.74. The van der Waals surface area contributed by atoms with Gasteiger partial charge in [-0.15, -0.1) is 0 Å². The van der Waals surface area contributed by atoms with Crippen LogP contribution in [0.1, 0.15) is 26.7 Å². The largest absolute Gasteiger partial charge is 0.674 e. The maximum absolute atomic E-state index is 5.92. The summed E-state index contributed by atoms with van der Waals surface area (Å²) in [4.78, 5) is 4.18. The van der Waals surface area contributed by atoms with Crippen molar-refractivity contribution in [3.05, 3.63) is 11.8 Å². The Labute approximate surface area is 99.6 Å². The molecule has 0 saturated heterocycles. The van der Waals surface area contributed by atoms with Gasteiger partial charge in [-0.05, 0) is 31.7 Å². The Bertz CT molecular complexity index is 227. The lowest BCUT2D eigenvalue weighted by molar-refractivity contribution is 0.638. The summed E-state index contributed by atoms with van der Waals surface area (Å²) in [6.07, 6.45) is 3.94. The molecule has 0 aromatic rings. The van der Waals surface area contributed by atoms with E-state index in [0.717, 1.165) is 24.3 Å². The van der Waals surface area contributed by atoms with Gasteiger partial charge in [-0.25, -0.2) is 20.1 Å². The van der Waals surface area contributed by atoms with Crippen molar-refractivity contribution in [1.29, 1.82) is 0 Å². The quantitative estimate of drug-likeness (QED) is 0.541. The first-order chi connectivity index (χ1) is 6.56. The van der Waals surface area contributed by atoms with Crippen molar-refractivity contribution in [2.75, 3.05) is 14.1 Å². The molecule has 0 spiro atoms. The molecule has 2 nitrogen and oxygen atoms in total. The molecule has 0 aliphatic rings. The van der Waals surface area contributed by atoms with E-state index in [1.807, 2.05) is 10.9 Å². The average Bonchev–Trinajstić information content (AvgIpc) is 2.19. The van der Waals surface area contributed by atoms with Gasteiger partial charge in [-0.3, -0.25) is 4.99 Å². The lowest BCUT2D eigenvalue weighted by Gasteiger charge is -2.21. The van der Waals surface area contributed by atoms with Gasteiger partial charge < -0.3 is 3.88 Å². The lowest BCUT2D eigenvalue weighted by Crippen LogP contribution is -2.26. The maximum Gasteiger partial charge on any atom is 0.674 e. The van der Waals surface area contributed by atoms with E-state index in [0.29, 0.717) is 0 Å². The Morgan fingerprint density at radius 2 is 1.93 bits per heavy atom. The molecular formula is C9H17AlCl2N2. The van der Waals surface area contributed by atoms with E-state index >= 15 is 0 Å². The van der Waals surface area contributed by atoms with Crippen LogP contribution in [0.15, 0.2) is 16.8 Å². The van der Waals surface area contributed by atoms with E-state index in [1.54, 1.807) is 7.05 Å². The fraction of sp³-hybridized carbons (Fsp3) is 0.667. The first kappa shape index (κ1) is 14.3.